The standard InChI is InChI=1S/C9H11NOS/c1-5-3-7(9(10)11)4-8(12)6(5)2/h3-4,12H,1-2H3,(H2,10,11). The zero-order valence-electron chi connectivity index (χ0n) is 7.09. The highest BCUT2D eigenvalue weighted by molar-refractivity contribution is 7.80. The number of primary amides is 1. The quantitative estimate of drug-likeness (QED) is 0.636. The molecule has 0 fully saturated rings. The molecule has 0 aliphatic rings. The van der Waals surface area contributed by atoms with E-state index in [2.05, 4.69) is 12.6 Å². The summed E-state index contributed by atoms with van der Waals surface area (Å²) in [5.74, 6) is -0.409. The third-order valence-electron chi connectivity index (χ3n) is 1.92. The van der Waals surface area contributed by atoms with Crippen LogP contribution >= 0.6 is 12.6 Å². The van der Waals surface area contributed by atoms with E-state index in [0.29, 0.717) is 5.56 Å². The number of carbonyl (C=O) groups is 1. The second-order valence-electron chi connectivity index (χ2n) is 2.80. The molecule has 0 aliphatic carbocycles. The number of hydrogen-bond donors (Lipinski definition) is 2. The molecule has 3 heteroatoms. The van der Waals surface area contributed by atoms with E-state index >= 15 is 0 Å². The van der Waals surface area contributed by atoms with Crippen molar-refractivity contribution in [2.24, 2.45) is 5.73 Å². The van der Waals surface area contributed by atoms with Crippen molar-refractivity contribution < 1.29 is 4.79 Å². The number of aryl methyl sites for hydroxylation is 1. The van der Waals surface area contributed by atoms with Crippen LogP contribution < -0.4 is 5.73 Å². The summed E-state index contributed by atoms with van der Waals surface area (Å²) in [6, 6.07) is 3.46. The summed E-state index contributed by atoms with van der Waals surface area (Å²) in [4.78, 5) is 11.6. The molecule has 0 atom stereocenters. The molecule has 0 spiro atoms. The van der Waals surface area contributed by atoms with E-state index in [1.54, 1.807) is 12.1 Å². The zero-order chi connectivity index (χ0) is 9.30. The predicted octanol–water partition coefficient (Wildman–Crippen LogP) is 1.69. The van der Waals surface area contributed by atoms with Crippen LogP contribution in [0.15, 0.2) is 17.0 Å². The van der Waals surface area contributed by atoms with Crippen LogP contribution in [0.2, 0.25) is 0 Å². The Balaban J connectivity index is 3.31. The number of carbonyl (C=O) groups excluding carboxylic acids is 1. The third-order valence-corrected chi connectivity index (χ3v) is 2.39. The van der Waals surface area contributed by atoms with Gasteiger partial charge in [-0.05, 0) is 37.1 Å². The molecule has 1 aromatic carbocycles. The Labute approximate surface area is 77.2 Å². The van der Waals surface area contributed by atoms with Crippen LogP contribution in [0.25, 0.3) is 0 Å². The second kappa shape index (κ2) is 3.19. The van der Waals surface area contributed by atoms with Crippen molar-refractivity contribution in [2.75, 3.05) is 0 Å². The maximum atomic E-state index is 10.8. The molecular formula is C9H11NOS. The number of amides is 1. The number of nitrogens with two attached hydrogens (primary N) is 1. The fourth-order valence-corrected chi connectivity index (χ4v) is 1.30. The van der Waals surface area contributed by atoms with Crippen molar-refractivity contribution >= 4 is 18.5 Å². The molecule has 12 heavy (non-hydrogen) atoms. The van der Waals surface area contributed by atoms with Gasteiger partial charge in [0.2, 0.25) is 5.91 Å². The fraction of sp³-hybridized carbons (Fsp3) is 0.222. The van der Waals surface area contributed by atoms with Crippen LogP contribution in [-0.2, 0) is 0 Å². The lowest BCUT2D eigenvalue weighted by Gasteiger charge is -2.05. The largest absolute Gasteiger partial charge is 0.366 e. The normalized spacial score (nSPS) is 9.92. The minimum Gasteiger partial charge on any atom is -0.366 e. The van der Waals surface area contributed by atoms with E-state index in [0.717, 1.165) is 16.0 Å². The second-order valence-corrected chi connectivity index (χ2v) is 3.28. The first kappa shape index (κ1) is 9.13. The lowest BCUT2D eigenvalue weighted by atomic mass is 10.1. The Morgan fingerprint density at radius 3 is 2.42 bits per heavy atom. The molecule has 0 aromatic heterocycles. The Bertz CT molecular complexity index is 310. The zero-order valence-corrected chi connectivity index (χ0v) is 7.98. The summed E-state index contributed by atoms with van der Waals surface area (Å²) in [6.07, 6.45) is 0. The molecule has 0 radical (unpaired) electrons. The third kappa shape index (κ3) is 1.61. The topological polar surface area (TPSA) is 43.1 Å². The fourth-order valence-electron chi connectivity index (χ4n) is 0.983. The Hall–Kier alpha value is -0.960. The van der Waals surface area contributed by atoms with Gasteiger partial charge in [0.25, 0.3) is 0 Å². The highest BCUT2D eigenvalue weighted by Crippen LogP contribution is 2.18. The average Bonchev–Trinajstić information content (AvgIpc) is 1.99. The summed E-state index contributed by atoms with van der Waals surface area (Å²) < 4.78 is 0. The van der Waals surface area contributed by atoms with E-state index in [1.165, 1.54) is 0 Å². The van der Waals surface area contributed by atoms with Crippen molar-refractivity contribution in [2.45, 2.75) is 18.7 Å². The molecular weight excluding hydrogens is 170 g/mol. The van der Waals surface area contributed by atoms with Crippen molar-refractivity contribution in [1.82, 2.24) is 0 Å². The van der Waals surface area contributed by atoms with E-state index in [-0.39, 0.29) is 0 Å². The summed E-state index contributed by atoms with van der Waals surface area (Å²) in [5.41, 5.74) is 7.77. The predicted molar refractivity (Wildman–Crippen MR) is 51.7 cm³/mol. The lowest BCUT2D eigenvalue weighted by Crippen LogP contribution is -2.11. The minimum atomic E-state index is -0.409. The molecule has 0 heterocycles. The average molecular weight is 181 g/mol. The number of rotatable bonds is 1. The molecule has 1 rings (SSSR count). The van der Waals surface area contributed by atoms with E-state index in [4.69, 9.17) is 5.73 Å². The maximum absolute atomic E-state index is 10.8. The Morgan fingerprint density at radius 2 is 2.00 bits per heavy atom. The van der Waals surface area contributed by atoms with Crippen molar-refractivity contribution in [3.8, 4) is 0 Å². The summed E-state index contributed by atoms with van der Waals surface area (Å²) in [7, 11) is 0. The van der Waals surface area contributed by atoms with Gasteiger partial charge in [-0.25, -0.2) is 0 Å². The SMILES string of the molecule is Cc1cc(C(N)=O)cc(S)c1C. The van der Waals surface area contributed by atoms with Crippen molar-refractivity contribution in [3.05, 3.63) is 28.8 Å². The molecule has 0 aliphatic heterocycles. The minimum absolute atomic E-state index is 0.409. The first-order valence-corrected chi connectivity index (χ1v) is 4.07. The molecule has 0 unspecified atom stereocenters. The van der Waals surface area contributed by atoms with Crippen LogP contribution in [0.4, 0.5) is 0 Å². The van der Waals surface area contributed by atoms with Gasteiger partial charge in [0.15, 0.2) is 0 Å². The van der Waals surface area contributed by atoms with E-state index in [9.17, 15) is 4.79 Å². The van der Waals surface area contributed by atoms with Gasteiger partial charge in [-0.3, -0.25) is 4.79 Å². The van der Waals surface area contributed by atoms with Crippen molar-refractivity contribution in [3.63, 3.8) is 0 Å². The van der Waals surface area contributed by atoms with Crippen LogP contribution in [0.3, 0.4) is 0 Å². The van der Waals surface area contributed by atoms with Gasteiger partial charge in [0.1, 0.15) is 0 Å². The number of benzene rings is 1. The van der Waals surface area contributed by atoms with Gasteiger partial charge in [-0.2, -0.15) is 0 Å². The van der Waals surface area contributed by atoms with Gasteiger partial charge >= 0.3 is 0 Å². The highest BCUT2D eigenvalue weighted by atomic mass is 32.1. The molecule has 1 amide bonds. The molecule has 1 aromatic rings. The smallest absolute Gasteiger partial charge is 0.248 e. The van der Waals surface area contributed by atoms with Crippen LogP contribution in [0.1, 0.15) is 21.5 Å². The van der Waals surface area contributed by atoms with E-state index < -0.39 is 5.91 Å². The summed E-state index contributed by atoms with van der Waals surface area (Å²) in [6.45, 7) is 3.89. The van der Waals surface area contributed by atoms with Gasteiger partial charge < -0.3 is 5.73 Å². The lowest BCUT2D eigenvalue weighted by molar-refractivity contribution is 0.1000. The maximum Gasteiger partial charge on any atom is 0.248 e. The molecule has 0 saturated carbocycles. The van der Waals surface area contributed by atoms with Gasteiger partial charge in [-0.1, -0.05) is 0 Å². The molecule has 64 valence electrons. The van der Waals surface area contributed by atoms with E-state index in [1.807, 2.05) is 13.8 Å². The summed E-state index contributed by atoms with van der Waals surface area (Å²) in [5, 5.41) is 0. The Kier molecular flexibility index (Phi) is 2.43. The molecule has 0 bridgehead atoms. The van der Waals surface area contributed by atoms with Gasteiger partial charge in [0, 0.05) is 10.5 Å². The molecule has 2 nitrogen and oxygen atoms in total. The van der Waals surface area contributed by atoms with Crippen molar-refractivity contribution in [1.29, 1.82) is 0 Å². The van der Waals surface area contributed by atoms with Gasteiger partial charge in [-0.15, -0.1) is 12.6 Å². The Morgan fingerprint density at radius 1 is 1.42 bits per heavy atom. The summed E-state index contributed by atoms with van der Waals surface area (Å²) >= 11 is 4.22. The van der Waals surface area contributed by atoms with Crippen LogP contribution in [-0.4, -0.2) is 5.91 Å². The molecule has 2 N–H and O–H groups in total. The monoisotopic (exact) mass is 181 g/mol. The number of thiol groups is 1. The first-order chi connectivity index (χ1) is 5.52. The van der Waals surface area contributed by atoms with Gasteiger partial charge in [0.05, 0.1) is 0 Å². The van der Waals surface area contributed by atoms with Crippen LogP contribution in [0, 0.1) is 13.8 Å². The van der Waals surface area contributed by atoms with Crippen LogP contribution in [0.5, 0.6) is 0 Å². The number of hydrogen-bond acceptors (Lipinski definition) is 2. The first-order valence-electron chi connectivity index (χ1n) is 3.62. The highest BCUT2D eigenvalue weighted by Gasteiger charge is 2.04. The molecule has 0 saturated heterocycles.